The number of nitrogens with zero attached hydrogens (tertiary/aromatic N) is 2. The molecule has 0 atom stereocenters. The van der Waals surface area contributed by atoms with Gasteiger partial charge in [-0.1, -0.05) is 18.2 Å². The Morgan fingerprint density at radius 2 is 1.92 bits per heavy atom. The zero-order valence-electron chi connectivity index (χ0n) is 13.8. The van der Waals surface area contributed by atoms with E-state index in [1.54, 1.807) is 11.0 Å². The molecule has 1 saturated heterocycles. The number of benzene rings is 1. The molecule has 0 saturated carbocycles. The van der Waals surface area contributed by atoms with Crippen LogP contribution in [-0.2, 0) is 12.7 Å². The normalized spacial score (nSPS) is 16.5. The summed E-state index contributed by atoms with van der Waals surface area (Å²) in [5.74, 6) is 0. The topological polar surface area (TPSA) is 55.8 Å². The van der Waals surface area contributed by atoms with Gasteiger partial charge in [0.1, 0.15) is 0 Å². The highest BCUT2D eigenvalue weighted by atomic mass is 19.4. The standard InChI is InChI=1S/C17H22F3N3O2/c1-2-9-23(15-7-10-22(25)11-8-15)16(24)21-12-13-3-5-14(6-4-13)17(18,19)20/h2-6,15,25H,1,7-12H2,(H,21,24). The van der Waals surface area contributed by atoms with Gasteiger partial charge in [0, 0.05) is 32.2 Å². The average Bonchev–Trinajstić information content (AvgIpc) is 2.58. The molecule has 2 amide bonds. The van der Waals surface area contributed by atoms with Crippen molar-refractivity contribution < 1.29 is 23.2 Å². The van der Waals surface area contributed by atoms with Crippen LogP contribution in [0.15, 0.2) is 36.9 Å². The maximum Gasteiger partial charge on any atom is 0.416 e. The van der Waals surface area contributed by atoms with Crippen LogP contribution in [0.4, 0.5) is 18.0 Å². The monoisotopic (exact) mass is 357 g/mol. The molecule has 0 aliphatic carbocycles. The molecule has 1 heterocycles. The van der Waals surface area contributed by atoms with Crippen molar-refractivity contribution in [2.75, 3.05) is 19.6 Å². The molecule has 0 spiro atoms. The molecule has 1 aromatic carbocycles. The first-order valence-corrected chi connectivity index (χ1v) is 8.06. The minimum atomic E-state index is -4.37. The first-order valence-electron chi connectivity index (χ1n) is 8.06. The van der Waals surface area contributed by atoms with Gasteiger partial charge in [-0.05, 0) is 30.5 Å². The Morgan fingerprint density at radius 1 is 1.32 bits per heavy atom. The number of amides is 2. The Balaban J connectivity index is 1.93. The van der Waals surface area contributed by atoms with Crippen molar-refractivity contribution in [2.45, 2.75) is 31.6 Å². The molecule has 5 nitrogen and oxygen atoms in total. The van der Waals surface area contributed by atoms with Gasteiger partial charge in [-0.25, -0.2) is 4.79 Å². The molecule has 138 valence electrons. The quantitative estimate of drug-likeness (QED) is 0.796. The van der Waals surface area contributed by atoms with Gasteiger partial charge in [0.05, 0.1) is 5.56 Å². The highest BCUT2D eigenvalue weighted by molar-refractivity contribution is 5.74. The molecule has 2 rings (SSSR count). The van der Waals surface area contributed by atoms with Crippen LogP contribution in [0, 0.1) is 0 Å². The van der Waals surface area contributed by atoms with Crippen molar-refractivity contribution in [1.29, 1.82) is 0 Å². The Bertz CT molecular complexity index is 582. The number of rotatable bonds is 5. The zero-order chi connectivity index (χ0) is 18.4. The Labute approximate surface area is 144 Å². The predicted octanol–water partition coefficient (Wildman–Crippen LogP) is 3.26. The number of halogens is 3. The molecule has 1 fully saturated rings. The fourth-order valence-electron chi connectivity index (χ4n) is 2.79. The van der Waals surface area contributed by atoms with E-state index in [4.69, 9.17) is 0 Å². The van der Waals surface area contributed by atoms with E-state index >= 15 is 0 Å². The van der Waals surface area contributed by atoms with Gasteiger partial charge >= 0.3 is 12.2 Å². The lowest BCUT2D eigenvalue weighted by Crippen LogP contribution is -2.50. The molecular formula is C17H22F3N3O2. The van der Waals surface area contributed by atoms with Crippen molar-refractivity contribution in [1.82, 2.24) is 15.3 Å². The van der Waals surface area contributed by atoms with E-state index in [9.17, 15) is 23.2 Å². The van der Waals surface area contributed by atoms with Crippen LogP contribution < -0.4 is 5.32 Å². The van der Waals surface area contributed by atoms with Gasteiger partial charge in [-0.15, -0.1) is 6.58 Å². The molecule has 1 aliphatic heterocycles. The third-order valence-electron chi connectivity index (χ3n) is 4.19. The SMILES string of the molecule is C=CCN(C(=O)NCc1ccc(C(F)(F)F)cc1)C1CCN(O)CC1. The molecule has 1 aliphatic rings. The van der Waals surface area contributed by atoms with Crippen molar-refractivity contribution >= 4 is 6.03 Å². The summed E-state index contributed by atoms with van der Waals surface area (Å²) in [6.45, 7) is 5.15. The van der Waals surface area contributed by atoms with E-state index < -0.39 is 11.7 Å². The maximum atomic E-state index is 12.6. The van der Waals surface area contributed by atoms with Crippen LogP contribution in [0.2, 0.25) is 0 Å². The zero-order valence-corrected chi connectivity index (χ0v) is 13.8. The second-order valence-corrected chi connectivity index (χ2v) is 5.98. The minimum Gasteiger partial charge on any atom is -0.334 e. The predicted molar refractivity (Wildman–Crippen MR) is 87.0 cm³/mol. The molecule has 1 aromatic rings. The Morgan fingerprint density at radius 3 is 2.44 bits per heavy atom. The summed E-state index contributed by atoms with van der Waals surface area (Å²) >= 11 is 0. The van der Waals surface area contributed by atoms with Crippen molar-refractivity contribution in [3.8, 4) is 0 Å². The number of carbonyl (C=O) groups excluding carboxylic acids is 1. The van der Waals surface area contributed by atoms with E-state index in [1.165, 1.54) is 17.2 Å². The van der Waals surface area contributed by atoms with Crippen LogP contribution in [0.1, 0.15) is 24.0 Å². The molecule has 0 radical (unpaired) electrons. The number of hydrogen-bond acceptors (Lipinski definition) is 3. The van der Waals surface area contributed by atoms with Crippen molar-refractivity contribution in [3.05, 3.63) is 48.0 Å². The van der Waals surface area contributed by atoms with Crippen molar-refractivity contribution in [3.63, 3.8) is 0 Å². The summed E-state index contributed by atoms with van der Waals surface area (Å²) in [6.07, 6.45) is -1.44. The summed E-state index contributed by atoms with van der Waals surface area (Å²) in [4.78, 5) is 14.1. The Hall–Kier alpha value is -2.06. The number of alkyl halides is 3. The molecule has 0 bridgehead atoms. The molecule has 0 unspecified atom stereocenters. The van der Waals surface area contributed by atoms with E-state index in [0.29, 0.717) is 38.0 Å². The second kappa shape index (κ2) is 8.35. The number of carbonyl (C=O) groups is 1. The fraction of sp³-hybridized carbons (Fsp3) is 0.471. The fourth-order valence-corrected chi connectivity index (χ4v) is 2.79. The van der Waals surface area contributed by atoms with Gasteiger partial charge in [-0.3, -0.25) is 0 Å². The lowest BCUT2D eigenvalue weighted by atomic mass is 10.0. The third-order valence-corrected chi connectivity index (χ3v) is 4.19. The first kappa shape index (κ1) is 19.3. The highest BCUT2D eigenvalue weighted by Gasteiger charge is 2.30. The lowest BCUT2D eigenvalue weighted by molar-refractivity contribution is -0.137. The lowest BCUT2D eigenvalue weighted by Gasteiger charge is -2.36. The third kappa shape index (κ3) is 5.47. The van der Waals surface area contributed by atoms with E-state index in [0.717, 1.165) is 12.1 Å². The van der Waals surface area contributed by atoms with Crippen LogP contribution in [0.5, 0.6) is 0 Å². The van der Waals surface area contributed by atoms with Crippen LogP contribution >= 0.6 is 0 Å². The number of nitrogens with one attached hydrogen (secondary N) is 1. The average molecular weight is 357 g/mol. The van der Waals surface area contributed by atoms with Gasteiger partial charge < -0.3 is 15.4 Å². The van der Waals surface area contributed by atoms with Crippen molar-refractivity contribution in [2.24, 2.45) is 0 Å². The van der Waals surface area contributed by atoms with Crippen LogP contribution in [-0.4, -0.2) is 46.9 Å². The molecule has 8 heteroatoms. The second-order valence-electron chi connectivity index (χ2n) is 5.98. The van der Waals surface area contributed by atoms with Crippen LogP contribution in [0.3, 0.4) is 0 Å². The number of hydrogen-bond donors (Lipinski definition) is 2. The summed E-state index contributed by atoms with van der Waals surface area (Å²) in [7, 11) is 0. The minimum absolute atomic E-state index is 0.00555. The van der Waals surface area contributed by atoms with Gasteiger partial charge in [0.2, 0.25) is 0 Å². The van der Waals surface area contributed by atoms with Gasteiger partial charge in [-0.2, -0.15) is 18.2 Å². The Kier molecular flexibility index (Phi) is 6.44. The molecular weight excluding hydrogens is 335 g/mol. The first-order chi connectivity index (χ1) is 11.8. The van der Waals surface area contributed by atoms with Gasteiger partial charge in [0.15, 0.2) is 0 Å². The number of hydroxylamine groups is 2. The van der Waals surface area contributed by atoms with E-state index in [1.807, 2.05) is 0 Å². The van der Waals surface area contributed by atoms with E-state index in [-0.39, 0.29) is 18.6 Å². The van der Waals surface area contributed by atoms with E-state index in [2.05, 4.69) is 11.9 Å². The molecule has 25 heavy (non-hydrogen) atoms. The largest absolute Gasteiger partial charge is 0.416 e. The summed E-state index contributed by atoms with van der Waals surface area (Å²) in [6, 6.07) is 4.40. The maximum absolute atomic E-state index is 12.6. The summed E-state index contributed by atoms with van der Waals surface area (Å²) in [5.41, 5.74) is -0.128. The molecule has 0 aromatic heterocycles. The summed E-state index contributed by atoms with van der Waals surface area (Å²) in [5, 5.41) is 13.4. The number of piperidine rings is 1. The smallest absolute Gasteiger partial charge is 0.334 e. The number of urea groups is 1. The van der Waals surface area contributed by atoms with Gasteiger partial charge in [0.25, 0.3) is 0 Å². The van der Waals surface area contributed by atoms with Crippen LogP contribution in [0.25, 0.3) is 0 Å². The highest BCUT2D eigenvalue weighted by Crippen LogP contribution is 2.29. The summed E-state index contributed by atoms with van der Waals surface area (Å²) < 4.78 is 37.7. The molecule has 2 N–H and O–H groups in total.